The Bertz CT molecular complexity index is 493. The quantitative estimate of drug-likeness (QED) is 0.861. The zero-order chi connectivity index (χ0) is 12.8. The Morgan fingerprint density at radius 2 is 1.44 bits per heavy atom. The van der Waals surface area contributed by atoms with Crippen LogP contribution in [0.3, 0.4) is 0 Å². The van der Waals surface area contributed by atoms with Gasteiger partial charge in [0.1, 0.15) is 0 Å². The third-order valence-electron chi connectivity index (χ3n) is 2.84. The first-order valence-corrected chi connectivity index (χ1v) is 5.99. The Kier molecular flexibility index (Phi) is 4.29. The van der Waals surface area contributed by atoms with E-state index in [9.17, 15) is 5.11 Å². The minimum absolute atomic E-state index is 0.397. The van der Waals surface area contributed by atoms with Crippen molar-refractivity contribution in [3.05, 3.63) is 77.9 Å². The van der Waals surface area contributed by atoms with Crippen LogP contribution in [0.4, 0.5) is 0 Å². The molecule has 0 saturated carbocycles. The molecule has 0 amide bonds. The lowest BCUT2D eigenvalue weighted by Crippen LogP contribution is -2.24. The summed E-state index contributed by atoms with van der Waals surface area (Å²) in [6, 6.07) is 19.1. The van der Waals surface area contributed by atoms with Crippen LogP contribution in [-0.4, -0.2) is 11.2 Å². The number of hydrogen-bond acceptors (Lipinski definition) is 2. The molecule has 2 aromatic rings. The average molecular weight is 239 g/mol. The van der Waals surface area contributed by atoms with Gasteiger partial charge in [0.15, 0.2) is 0 Å². The molecule has 2 aromatic carbocycles. The highest BCUT2D eigenvalue weighted by atomic mass is 16.3. The van der Waals surface area contributed by atoms with Gasteiger partial charge in [0.25, 0.3) is 0 Å². The second kappa shape index (κ2) is 6.15. The Hall–Kier alpha value is -1.90. The lowest BCUT2D eigenvalue weighted by molar-refractivity contribution is 0.193. The molecule has 0 fully saturated rings. The Labute approximate surface area is 107 Å². The fraction of sp³-hybridized carbons (Fsp3) is 0.125. The van der Waals surface area contributed by atoms with E-state index in [4.69, 9.17) is 5.73 Å². The van der Waals surface area contributed by atoms with E-state index in [1.807, 2.05) is 66.7 Å². The van der Waals surface area contributed by atoms with Gasteiger partial charge in [-0.05, 0) is 11.1 Å². The van der Waals surface area contributed by atoms with Crippen molar-refractivity contribution >= 4 is 6.08 Å². The van der Waals surface area contributed by atoms with E-state index in [0.29, 0.717) is 0 Å². The van der Waals surface area contributed by atoms with Gasteiger partial charge in [0, 0.05) is 0 Å². The molecule has 18 heavy (non-hydrogen) atoms. The van der Waals surface area contributed by atoms with Gasteiger partial charge in [-0.3, -0.25) is 0 Å². The Balaban J connectivity index is 2.04. The Morgan fingerprint density at radius 1 is 0.889 bits per heavy atom. The van der Waals surface area contributed by atoms with Crippen molar-refractivity contribution in [2.24, 2.45) is 5.73 Å². The van der Waals surface area contributed by atoms with Crippen LogP contribution in [-0.2, 0) is 0 Å². The van der Waals surface area contributed by atoms with Crippen LogP contribution in [0.5, 0.6) is 0 Å². The van der Waals surface area contributed by atoms with Crippen LogP contribution in [0.2, 0.25) is 0 Å². The lowest BCUT2D eigenvalue weighted by Gasteiger charge is -2.15. The molecule has 0 aliphatic heterocycles. The summed E-state index contributed by atoms with van der Waals surface area (Å²) in [5.74, 6) is 0. The topological polar surface area (TPSA) is 46.2 Å². The second-order valence-corrected chi connectivity index (χ2v) is 4.20. The third-order valence-corrected chi connectivity index (χ3v) is 2.84. The van der Waals surface area contributed by atoms with Gasteiger partial charge in [0.05, 0.1) is 12.1 Å². The highest BCUT2D eigenvalue weighted by Gasteiger charge is 2.12. The summed E-state index contributed by atoms with van der Waals surface area (Å²) in [5.41, 5.74) is 7.99. The van der Waals surface area contributed by atoms with Gasteiger partial charge in [-0.2, -0.15) is 0 Å². The van der Waals surface area contributed by atoms with Crippen molar-refractivity contribution in [3.63, 3.8) is 0 Å². The number of hydrogen-bond donors (Lipinski definition) is 2. The van der Waals surface area contributed by atoms with E-state index < -0.39 is 12.1 Å². The minimum Gasteiger partial charge on any atom is -0.387 e. The summed E-state index contributed by atoms with van der Waals surface area (Å²) in [6.45, 7) is 0. The molecule has 0 aliphatic rings. The maximum atomic E-state index is 10.0. The number of nitrogens with two attached hydrogens (primary N) is 1. The molecule has 2 rings (SSSR count). The summed E-state index contributed by atoms with van der Waals surface area (Å²) >= 11 is 0. The zero-order valence-electron chi connectivity index (χ0n) is 10.1. The van der Waals surface area contributed by atoms with E-state index in [2.05, 4.69) is 0 Å². The van der Waals surface area contributed by atoms with Gasteiger partial charge in [0.2, 0.25) is 0 Å². The minimum atomic E-state index is -0.687. The average Bonchev–Trinajstić information content (AvgIpc) is 2.46. The summed E-state index contributed by atoms with van der Waals surface area (Å²) in [4.78, 5) is 0. The molecular formula is C16H17NO. The number of rotatable bonds is 4. The monoisotopic (exact) mass is 239 g/mol. The van der Waals surface area contributed by atoms with Gasteiger partial charge in [-0.1, -0.05) is 72.8 Å². The number of aliphatic hydroxyl groups is 1. The standard InChI is InChI=1S/C16H17NO/c17-16(14-9-5-2-6-10-14)15(18)12-11-13-7-3-1-4-8-13/h1-12,15-16,18H,17H2/b12-11+/t15-,16-/m1/s1. The molecule has 0 radical (unpaired) electrons. The molecular weight excluding hydrogens is 222 g/mol. The van der Waals surface area contributed by atoms with Crippen molar-refractivity contribution in [1.82, 2.24) is 0 Å². The number of benzene rings is 2. The predicted molar refractivity (Wildman–Crippen MR) is 74.9 cm³/mol. The molecule has 0 saturated heterocycles. The van der Waals surface area contributed by atoms with Gasteiger partial charge < -0.3 is 10.8 Å². The third kappa shape index (κ3) is 3.29. The van der Waals surface area contributed by atoms with Crippen LogP contribution >= 0.6 is 0 Å². The lowest BCUT2D eigenvalue weighted by atomic mass is 10.0. The fourth-order valence-corrected chi connectivity index (χ4v) is 1.77. The van der Waals surface area contributed by atoms with Crippen molar-refractivity contribution in [3.8, 4) is 0 Å². The van der Waals surface area contributed by atoms with Crippen LogP contribution in [0.1, 0.15) is 17.2 Å². The van der Waals surface area contributed by atoms with Crippen LogP contribution < -0.4 is 5.73 Å². The normalized spacial score (nSPS) is 14.6. The maximum absolute atomic E-state index is 10.0. The maximum Gasteiger partial charge on any atom is 0.0916 e. The van der Waals surface area contributed by atoms with Crippen molar-refractivity contribution in [2.75, 3.05) is 0 Å². The van der Waals surface area contributed by atoms with Gasteiger partial charge >= 0.3 is 0 Å². The molecule has 0 heterocycles. The fourth-order valence-electron chi connectivity index (χ4n) is 1.77. The molecule has 0 unspecified atom stereocenters. The van der Waals surface area contributed by atoms with Gasteiger partial charge in [-0.25, -0.2) is 0 Å². The summed E-state index contributed by atoms with van der Waals surface area (Å²) in [7, 11) is 0. The molecule has 0 aliphatic carbocycles. The first-order valence-electron chi connectivity index (χ1n) is 5.99. The molecule has 0 aromatic heterocycles. The van der Waals surface area contributed by atoms with E-state index in [1.165, 1.54) is 0 Å². The smallest absolute Gasteiger partial charge is 0.0916 e. The number of aliphatic hydroxyl groups excluding tert-OH is 1. The molecule has 2 nitrogen and oxygen atoms in total. The van der Waals surface area contributed by atoms with Crippen molar-refractivity contribution in [2.45, 2.75) is 12.1 Å². The zero-order valence-corrected chi connectivity index (χ0v) is 10.1. The molecule has 0 spiro atoms. The largest absolute Gasteiger partial charge is 0.387 e. The summed E-state index contributed by atoms with van der Waals surface area (Å²) in [6.07, 6.45) is 2.92. The summed E-state index contributed by atoms with van der Waals surface area (Å²) < 4.78 is 0. The van der Waals surface area contributed by atoms with Crippen LogP contribution in [0.25, 0.3) is 6.08 Å². The molecule has 2 atom stereocenters. The SMILES string of the molecule is N[C@H](c1ccccc1)[C@H](O)/C=C/c1ccccc1. The van der Waals surface area contributed by atoms with Crippen molar-refractivity contribution in [1.29, 1.82) is 0 Å². The molecule has 0 bridgehead atoms. The highest BCUT2D eigenvalue weighted by molar-refractivity contribution is 5.49. The summed E-state index contributed by atoms with van der Waals surface area (Å²) in [5, 5.41) is 10.0. The van der Waals surface area contributed by atoms with Crippen LogP contribution in [0, 0.1) is 0 Å². The van der Waals surface area contributed by atoms with E-state index >= 15 is 0 Å². The first-order chi connectivity index (χ1) is 8.77. The second-order valence-electron chi connectivity index (χ2n) is 4.20. The molecule has 3 N–H and O–H groups in total. The van der Waals surface area contributed by atoms with E-state index in [1.54, 1.807) is 6.08 Å². The molecule has 92 valence electrons. The Morgan fingerprint density at radius 3 is 2.06 bits per heavy atom. The van der Waals surface area contributed by atoms with Crippen LogP contribution in [0.15, 0.2) is 66.7 Å². The molecule has 2 heteroatoms. The highest BCUT2D eigenvalue weighted by Crippen LogP contribution is 2.15. The van der Waals surface area contributed by atoms with Crippen molar-refractivity contribution < 1.29 is 5.11 Å². The predicted octanol–water partition coefficient (Wildman–Crippen LogP) is 2.76. The van der Waals surface area contributed by atoms with E-state index in [-0.39, 0.29) is 0 Å². The van der Waals surface area contributed by atoms with E-state index in [0.717, 1.165) is 11.1 Å². The van der Waals surface area contributed by atoms with Gasteiger partial charge in [-0.15, -0.1) is 0 Å². The first kappa shape index (κ1) is 12.6.